The standard InChI is InChI=1S/C17H20N2O2S/c1-11(2)19-14-7-9-22-16(14)10-15(19)17(20)18-8-6-13-5-4-12(3)21-13/h4-5,7,9-11H,6,8H2,1-3H3,(H,18,20). The molecule has 1 N–H and O–H groups in total. The van der Waals surface area contributed by atoms with E-state index in [1.54, 1.807) is 11.3 Å². The number of hydrogen-bond donors (Lipinski definition) is 1. The van der Waals surface area contributed by atoms with Crippen molar-refractivity contribution >= 4 is 27.5 Å². The van der Waals surface area contributed by atoms with Crippen molar-refractivity contribution in [2.24, 2.45) is 0 Å². The van der Waals surface area contributed by atoms with Gasteiger partial charge in [0.1, 0.15) is 17.2 Å². The van der Waals surface area contributed by atoms with Crippen molar-refractivity contribution in [3.8, 4) is 0 Å². The molecule has 4 nitrogen and oxygen atoms in total. The number of thiophene rings is 1. The third kappa shape index (κ3) is 2.81. The topological polar surface area (TPSA) is 47.2 Å². The summed E-state index contributed by atoms with van der Waals surface area (Å²) in [6.07, 6.45) is 0.705. The Kier molecular flexibility index (Phi) is 4.07. The lowest BCUT2D eigenvalue weighted by Gasteiger charge is -2.13. The lowest BCUT2D eigenvalue weighted by molar-refractivity contribution is 0.0943. The Morgan fingerprint density at radius 2 is 2.18 bits per heavy atom. The Labute approximate surface area is 133 Å². The van der Waals surface area contributed by atoms with Crippen molar-refractivity contribution in [3.05, 3.63) is 46.9 Å². The minimum Gasteiger partial charge on any atom is -0.466 e. The summed E-state index contributed by atoms with van der Waals surface area (Å²) >= 11 is 1.66. The third-order valence-corrected chi connectivity index (χ3v) is 4.52. The van der Waals surface area contributed by atoms with Crippen molar-refractivity contribution in [2.75, 3.05) is 6.54 Å². The smallest absolute Gasteiger partial charge is 0.267 e. The van der Waals surface area contributed by atoms with Gasteiger partial charge in [0.2, 0.25) is 0 Å². The summed E-state index contributed by atoms with van der Waals surface area (Å²) in [6, 6.07) is 8.19. The van der Waals surface area contributed by atoms with Crippen LogP contribution in [0.4, 0.5) is 0 Å². The van der Waals surface area contributed by atoms with Gasteiger partial charge in [0, 0.05) is 19.0 Å². The van der Waals surface area contributed by atoms with Crippen LogP contribution in [0.5, 0.6) is 0 Å². The Bertz CT molecular complexity index is 795. The monoisotopic (exact) mass is 316 g/mol. The molecule has 3 aromatic rings. The molecule has 5 heteroatoms. The summed E-state index contributed by atoms with van der Waals surface area (Å²) in [5, 5.41) is 5.05. The summed E-state index contributed by atoms with van der Waals surface area (Å²) in [4.78, 5) is 12.5. The largest absolute Gasteiger partial charge is 0.466 e. The van der Waals surface area contributed by atoms with Crippen molar-refractivity contribution in [2.45, 2.75) is 33.2 Å². The predicted molar refractivity (Wildman–Crippen MR) is 89.7 cm³/mol. The van der Waals surface area contributed by atoms with Crippen LogP contribution in [0.3, 0.4) is 0 Å². The van der Waals surface area contributed by atoms with Crippen molar-refractivity contribution in [1.29, 1.82) is 0 Å². The highest BCUT2D eigenvalue weighted by molar-refractivity contribution is 7.17. The summed E-state index contributed by atoms with van der Waals surface area (Å²) in [6.45, 7) is 6.69. The average molecular weight is 316 g/mol. The molecule has 3 aromatic heterocycles. The lowest BCUT2D eigenvalue weighted by atomic mass is 10.3. The fourth-order valence-corrected chi connectivity index (χ4v) is 3.50. The molecule has 0 aliphatic heterocycles. The number of rotatable bonds is 5. The van der Waals surface area contributed by atoms with Gasteiger partial charge in [0.25, 0.3) is 5.91 Å². The molecule has 3 heterocycles. The van der Waals surface area contributed by atoms with Crippen molar-refractivity contribution < 1.29 is 9.21 Å². The predicted octanol–water partition coefficient (Wildman–Crippen LogP) is 4.16. The second-order valence-corrected chi connectivity index (χ2v) is 6.63. The Morgan fingerprint density at radius 1 is 1.36 bits per heavy atom. The van der Waals surface area contributed by atoms with Gasteiger partial charge >= 0.3 is 0 Å². The van der Waals surface area contributed by atoms with Crippen LogP contribution in [0.2, 0.25) is 0 Å². The maximum absolute atomic E-state index is 12.5. The Hall–Kier alpha value is -2.01. The molecule has 0 fully saturated rings. The number of hydrogen-bond acceptors (Lipinski definition) is 3. The van der Waals surface area contributed by atoms with E-state index in [9.17, 15) is 4.79 Å². The number of amides is 1. The number of aryl methyl sites for hydroxylation is 1. The molecule has 3 rings (SSSR count). The van der Waals surface area contributed by atoms with Crippen LogP contribution in [0.15, 0.2) is 34.1 Å². The van der Waals surface area contributed by atoms with Gasteiger partial charge < -0.3 is 14.3 Å². The minimum atomic E-state index is -0.0274. The third-order valence-electron chi connectivity index (χ3n) is 3.66. The molecule has 0 aromatic carbocycles. The number of fused-ring (bicyclic) bond motifs is 1. The first kappa shape index (κ1) is 14.9. The van der Waals surface area contributed by atoms with Gasteiger partial charge in [-0.15, -0.1) is 11.3 Å². The van der Waals surface area contributed by atoms with Gasteiger partial charge in [-0.25, -0.2) is 0 Å². The van der Waals surface area contributed by atoms with E-state index < -0.39 is 0 Å². The highest BCUT2D eigenvalue weighted by atomic mass is 32.1. The van der Waals surface area contributed by atoms with Crippen LogP contribution in [-0.2, 0) is 6.42 Å². The molecule has 1 amide bonds. The van der Waals surface area contributed by atoms with E-state index in [2.05, 4.69) is 35.2 Å². The van der Waals surface area contributed by atoms with E-state index in [1.807, 2.05) is 25.1 Å². The molecule has 22 heavy (non-hydrogen) atoms. The van der Waals surface area contributed by atoms with Gasteiger partial charge in [-0.1, -0.05) is 0 Å². The maximum Gasteiger partial charge on any atom is 0.267 e. The number of carbonyl (C=O) groups is 1. The average Bonchev–Trinajstić information content (AvgIpc) is 3.12. The number of furan rings is 1. The molecular weight excluding hydrogens is 296 g/mol. The van der Waals surface area contributed by atoms with Gasteiger partial charge in [-0.05, 0) is 50.4 Å². The number of aromatic nitrogens is 1. The van der Waals surface area contributed by atoms with Gasteiger partial charge in [-0.2, -0.15) is 0 Å². The van der Waals surface area contributed by atoms with E-state index in [4.69, 9.17) is 4.42 Å². The van der Waals surface area contributed by atoms with Crippen LogP contribution in [0, 0.1) is 6.92 Å². The number of carbonyl (C=O) groups excluding carboxylic acids is 1. The maximum atomic E-state index is 12.5. The highest BCUT2D eigenvalue weighted by Gasteiger charge is 2.17. The van der Waals surface area contributed by atoms with Crippen LogP contribution < -0.4 is 5.32 Å². The fraction of sp³-hybridized carbons (Fsp3) is 0.353. The molecule has 0 spiro atoms. The summed E-state index contributed by atoms with van der Waals surface area (Å²) in [5.74, 6) is 1.77. The van der Waals surface area contributed by atoms with Crippen molar-refractivity contribution in [3.63, 3.8) is 0 Å². The van der Waals surface area contributed by atoms with E-state index >= 15 is 0 Å². The summed E-state index contributed by atoms with van der Waals surface area (Å²) in [5.41, 5.74) is 1.86. The second kappa shape index (κ2) is 6.01. The van der Waals surface area contributed by atoms with Gasteiger partial charge in [0.05, 0.1) is 10.2 Å². The van der Waals surface area contributed by atoms with E-state index in [0.29, 0.717) is 13.0 Å². The normalized spacial score (nSPS) is 11.5. The Balaban J connectivity index is 1.72. The highest BCUT2D eigenvalue weighted by Crippen LogP contribution is 2.28. The van der Waals surface area contributed by atoms with E-state index in [1.165, 1.54) is 0 Å². The Morgan fingerprint density at radius 3 is 2.86 bits per heavy atom. The zero-order valence-corrected chi connectivity index (χ0v) is 13.9. The molecule has 0 saturated heterocycles. The molecule has 0 bridgehead atoms. The SMILES string of the molecule is Cc1ccc(CCNC(=O)c2cc3sccc3n2C(C)C)o1. The van der Waals surface area contributed by atoms with Crippen molar-refractivity contribution in [1.82, 2.24) is 9.88 Å². The quantitative estimate of drug-likeness (QED) is 0.768. The first-order valence-corrected chi connectivity index (χ1v) is 8.36. The van der Waals surface area contributed by atoms with Gasteiger partial charge in [0.15, 0.2) is 0 Å². The minimum absolute atomic E-state index is 0.0274. The van der Waals surface area contributed by atoms with E-state index in [0.717, 1.165) is 27.4 Å². The molecule has 0 atom stereocenters. The molecule has 0 aliphatic rings. The van der Waals surface area contributed by atoms with Gasteiger partial charge in [-0.3, -0.25) is 4.79 Å². The number of nitrogens with one attached hydrogen (secondary N) is 1. The van der Waals surface area contributed by atoms with Crippen LogP contribution in [0.1, 0.15) is 41.9 Å². The molecule has 0 unspecified atom stereocenters. The summed E-state index contributed by atoms with van der Waals surface area (Å²) < 4.78 is 8.76. The molecule has 0 aliphatic carbocycles. The first-order chi connectivity index (χ1) is 10.6. The molecule has 0 radical (unpaired) electrons. The fourth-order valence-electron chi connectivity index (χ4n) is 2.69. The van der Waals surface area contributed by atoms with E-state index in [-0.39, 0.29) is 11.9 Å². The zero-order valence-electron chi connectivity index (χ0n) is 13.1. The molecular formula is C17H20N2O2S. The van der Waals surface area contributed by atoms with Crippen LogP contribution in [-0.4, -0.2) is 17.0 Å². The second-order valence-electron chi connectivity index (χ2n) is 5.68. The first-order valence-electron chi connectivity index (χ1n) is 7.48. The van der Waals surface area contributed by atoms with Crippen LogP contribution >= 0.6 is 11.3 Å². The van der Waals surface area contributed by atoms with Crippen LogP contribution in [0.25, 0.3) is 10.2 Å². The summed E-state index contributed by atoms with van der Waals surface area (Å²) in [7, 11) is 0. The zero-order chi connectivity index (χ0) is 15.7. The lowest BCUT2D eigenvalue weighted by Crippen LogP contribution is -2.28. The molecule has 116 valence electrons. The number of nitrogens with zero attached hydrogens (tertiary/aromatic N) is 1. The molecule has 0 saturated carbocycles.